The van der Waals surface area contributed by atoms with Crippen LogP contribution in [0.1, 0.15) is 5.56 Å². The van der Waals surface area contributed by atoms with Gasteiger partial charge in [0.05, 0.1) is 39.4 Å². The maximum Gasteiger partial charge on any atom is 0.279 e. The van der Waals surface area contributed by atoms with Crippen LogP contribution in [-0.4, -0.2) is 9.13 Å². The molecule has 1 aliphatic rings. The molecule has 6 aromatic carbocycles. The molecule has 4 heterocycles. The summed E-state index contributed by atoms with van der Waals surface area (Å²) < 4.78 is 6.92. The molecule has 3 aromatic heterocycles. The summed E-state index contributed by atoms with van der Waals surface area (Å²) in [5.41, 5.74) is 11.5. The molecule has 46 heavy (non-hydrogen) atoms. The summed E-state index contributed by atoms with van der Waals surface area (Å²) in [6.45, 7) is 0. The lowest BCUT2D eigenvalue weighted by Gasteiger charge is -2.11. The second-order valence-electron chi connectivity index (χ2n) is 11.9. The topological polar surface area (TPSA) is 28.1 Å². The van der Waals surface area contributed by atoms with Crippen molar-refractivity contribution < 1.29 is 4.24 Å². The van der Waals surface area contributed by atoms with Crippen LogP contribution in [0.15, 0.2) is 169 Å². The van der Waals surface area contributed by atoms with Crippen molar-refractivity contribution in [3.05, 3.63) is 181 Å². The first kappa shape index (κ1) is 25.1. The highest BCUT2D eigenvalue weighted by Crippen LogP contribution is 2.35. The summed E-state index contributed by atoms with van der Waals surface area (Å²) in [6.07, 6.45) is 2.11. The van der Waals surface area contributed by atoms with Gasteiger partial charge in [-0.25, -0.2) is 0 Å². The van der Waals surface area contributed by atoms with Crippen molar-refractivity contribution in [2.24, 2.45) is 4.99 Å². The molecule has 1 aliphatic heterocycles. The Balaban J connectivity index is 1.08. The van der Waals surface area contributed by atoms with Gasteiger partial charge in [-0.05, 0) is 78.4 Å². The molecular formula is C42H27N4+. The Hall–Kier alpha value is -6.26. The number of nitrogens with zero attached hydrogens (tertiary/aromatic N) is 4. The first-order chi connectivity index (χ1) is 22.8. The van der Waals surface area contributed by atoms with Crippen molar-refractivity contribution in [2.45, 2.75) is 0 Å². The predicted molar refractivity (Wildman–Crippen MR) is 186 cm³/mol. The lowest BCUT2D eigenvalue weighted by atomic mass is 10.0. The van der Waals surface area contributed by atoms with E-state index in [2.05, 4.69) is 177 Å². The molecule has 0 N–H and O–H groups in total. The zero-order valence-corrected chi connectivity index (χ0v) is 24.9. The molecule has 4 heteroatoms. The third-order valence-electron chi connectivity index (χ3n) is 9.37. The summed E-state index contributed by atoms with van der Waals surface area (Å²) in [6, 6.07) is 56.4. The van der Waals surface area contributed by atoms with E-state index in [0.717, 1.165) is 39.4 Å². The number of benzene rings is 6. The number of aromatic nitrogens is 3. The summed E-state index contributed by atoms with van der Waals surface area (Å²) in [5, 5.41) is 5.04. The first-order valence-corrected chi connectivity index (χ1v) is 15.7. The van der Waals surface area contributed by atoms with E-state index in [0.29, 0.717) is 0 Å². The van der Waals surface area contributed by atoms with Gasteiger partial charge in [-0.3, -0.25) is 0 Å². The second-order valence-corrected chi connectivity index (χ2v) is 11.9. The Morgan fingerprint density at radius 1 is 0.413 bits per heavy atom. The maximum atomic E-state index is 5.09. The summed E-state index contributed by atoms with van der Waals surface area (Å²) >= 11 is 0. The largest absolute Gasteiger partial charge is 0.309 e. The lowest BCUT2D eigenvalue weighted by molar-refractivity contribution is -0.561. The Morgan fingerprint density at radius 2 is 0.935 bits per heavy atom. The van der Waals surface area contributed by atoms with E-state index in [4.69, 9.17) is 4.99 Å². The van der Waals surface area contributed by atoms with Gasteiger partial charge in [-0.2, -0.15) is 4.24 Å². The van der Waals surface area contributed by atoms with E-state index >= 15 is 0 Å². The van der Waals surface area contributed by atoms with Crippen LogP contribution >= 0.6 is 0 Å². The molecule has 4 nitrogen and oxygen atoms in total. The van der Waals surface area contributed by atoms with Gasteiger partial charge in [0.1, 0.15) is 0 Å². The van der Waals surface area contributed by atoms with E-state index < -0.39 is 0 Å². The van der Waals surface area contributed by atoms with E-state index in [9.17, 15) is 0 Å². The molecule has 0 amide bonds. The fourth-order valence-corrected chi connectivity index (χ4v) is 7.28. The molecule has 0 saturated carbocycles. The van der Waals surface area contributed by atoms with Crippen molar-refractivity contribution in [1.29, 1.82) is 0 Å². The minimum Gasteiger partial charge on any atom is -0.309 e. The van der Waals surface area contributed by atoms with Crippen molar-refractivity contribution in [1.82, 2.24) is 9.13 Å². The third-order valence-corrected chi connectivity index (χ3v) is 9.37. The molecule has 9 aromatic rings. The zero-order chi connectivity index (χ0) is 30.2. The van der Waals surface area contributed by atoms with E-state index in [1.807, 2.05) is 0 Å². The second kappa shape index (κ2) is 9.62. The number of pyridine rings is 1. The van der Waals surface area contributed by atoms with Crippen LogP contribution in [0.2, 0.25) is 0 Å². The molecular weight excluding hydrogens is 560 g/mol. The first-order valence-electron chi connectivity index (χ1n) is 15.7. The number of rotatable bonds is 4. The Labute approximate surface area is 264 Å². The lowest BCUT2D eigenvalue weighted by Crippen LogP contribution is -2.49. The Morgan fingerprint density at radius 3 is 1.59 bits per heavy atom. The normalized spacial score (nSPS) is 12.5. The molecule has 0 spiro atoms. The smallest absolute Gasteiger partial charge is 0.279 e. The van der Waals surface area contributed by atoms with E-state index in [1.54, 1.807) is 0 Å². The average molecular weight is 588 g/mol. The monoisotopic (exact) mass is 587 g/mol. The van der Waals surface area contributed by atoms with Crippen LogP contribution in [0, 0.1) is 5.84 Å². The fourth-order valence-electron chi connectivity index (χ4n) is 7.28. The molecule has 0 saturated heterocycles. The summed E-state index contributed by atoms with van der Waals surface area (Å²) in [5.74, 6) is 0.963. The molecule has 0 unspecified atom stereocenters. The highest BCUT2D eigenvalue weighted by Gasteiger charge is 2.23. The molecule has 0 atom stereocenters. The van der Waals surface area contributed by atoms with Gasteiger partial charge in [-0.15, -0.1) is 0 Å². The minimum atomic E-state index is 0.963. The summed E-state index contributed by atoms with van der Waals surface area (Å²) in [4.78, 5) is 5.09. The molecule has 0 aliphatic carbocycles. The maximum absolute atomic E-state index is 5.09. The van der Waals surface area contributed by atoms with Gasteiger partial charge < -0.3 is 9.13 Å². The van der Waals surface area contributed by atoms with Crippen LogP contribution in [0.5, 0.6) is 0 Å². The molecule has 0 bridgehead atoms. The van der Waals surface area contributed by atoms with Gasteiger partial charge in [0.25, 0.3) is 11.3 Å². The van der Waals surface area contributed by atoms with E-state index in [1.165, 1.54) is 43.6 Å². The predicted octanol–water partition coefficient (Wildman–Crippen LogP) is 8.85. The molecule has 10 rings (SSSR count). The van der Waals surface area contributed by atoms with Gasteiger partial charge in [0.2, 0.25) is 0 Å². The molecule has 214 valence electrons. The van der Waals surface area contributed by atoms with Crippen LogP contribution in [0.25, 0.3) is 66.1 Å². The number of hydrogen-bond donors (Lipinski definition) is 0. The number of fused-ring (bicyclic) bond motifs is 7. The van der Waals surface area contributed by atoms with Crippen LogP contribution in [-0.2, 0) is 0 Å². The Kier molecular flexibility index (Phi) is 5.25. The third kappa shape index (κ3) is 3.55. The van der Waals surface area contributed by atoms with Gasteiger partial charge in [-0.1, -0.05) is 89.9 Å². The van der Waals surface area contributed by atoms with Crippen molar-refractivity contribution >= 4 is 43.6 Å². The number of hydrogen-bond acceptors (Lipinski definition) is 1. The SMILES string of the molecule is c1ccc(-n2c3ccccc3c3ccc(-c4ccc[n+]5c4=NC=5c4ccc(-n5c6ccccc6c6ccccc65)cc4)cc32)cc1. The molecule has 0 radical (unpaired) electrons. The average Bonchev–Trinajstić information content (AvgIpc) is 3.62. The Bertz CT molecular complexity index is 2730. The van der Waals surface area contributed by atoms with Crippen LogP contribution in [0.4, 0.5) is 0 Å². The van der Waals surface area contributed by atoms with Crippen molar-refractivity contribution in [3.8, 4) is 22.5 Å². The van der Waals surface area contributed by atoms with Gasteiger partial charge in [0, 0.05) is 32.9 Å². The summed E-state index contributed by atoms with van der Waals surface area (Å²) in [7, 11) is 0. The van der Waals surface area contributed by atoms with Crippen LogP contribution in [0.3, 0.4) is 0 Å². The van der Waals surface area contributed by atoms with E-state index in [-0.39, 0.29) is 0 Å². The number of para-hydroxylation sites is 4. The minimum absolute atomic E-state index is 0.963. The zero-order valence-electron chi connectivity index (χ0n) is 24.9. The van der Waals surface area contributed by atoms with Crippen molar-refractivity contribution in [3.63, 3.8) is 0 Å². The highest BCUT2D eigenvalue weighted by atomic mass is 15.1. The molecule has 0 fully saturated rings. The van der Waals surface area contributed by atoms with Gasteiger partial charge >= 0.3 is 0 Å². The van der Waals surface area contributed by atoms with Crippen molar-refractivity contribution in [2.75, 3.05) is 0 Å². The fraction of sp³-hybridized carbons (Fsp3) is 0. The van der Waals surface area contributed by atoms with Crippen LogP contribution < -0.4 is 9.73 Å². The highest BCUT2D eigenvalue weighted by molar-refractivity contribution is 6.10. The quantitative estimate of drug-likeness (QED) is 0.184. The standard InChI is InChI=1S/C42H27N4/c1-2-11-30(12-3-1)46-39-19-9-6-15-35(39)36-25-22-29(27-40(36)46)32-16-10-26-44-41(43-42(32)44)28-20-23-31(24-21-28)45-37-17-7-4-13-33(37)34-14-5-8-18-38(34)45/h1-27H/q+1. The van der Waals surface area contributed by atoms with Gasteiger partial charge in [0.15, 0.2) is 0 Å².